The molecule has 1 rings (SSSR count). The van der Waals surface area contributed by atoms with Crippen LogP contribution in [0.5, 0.6) is 0 Å². The van der Waals surface area contributed by atoms with Crippen LogP contribution in [0.2, 0.25) is 0 Å². The Morgan fingerprint density at radius 1 is 1.40 bits per heavy atom. The first-order chi connectivity index (χ1) is 9.27. The molecule has 0 bridgehead atoms. The molecule has 0 saturated heterocycles. The molecule has 0 aromatic heterocycles. The molecular weight excluding hydrogens is 336 g/mol. The summed E-state index contributed by atoms with van der Waals surface area (Å²) >= 11 is 2.94. The van der Waals surface area contributed by atoms with E-state index in [0.717, 1.165) is 12.1 Å². The molecule has 1 aromatic carbocycles. The minimum absolute atomic E-state index is 0.211. The van der Waals surface area contributed by atoms with E-state index in [-0.39, 0.29) is 16.2 Å². The van der Waals surface area contributed by atoms with Crippen molar-refractivity contribution in [1.82, 2.24) is 0 Å². The van der Waals surface area contributed by atoms with Gasteiger partial charge in [-0.25, -0.2) is 8.78 Å². The molecule has 4 N–H and O–H groups in total. The second-order valence-electron chi connectivity index (χ2n) is 4.48. The lowest BCUT2D eigenvalue weighted by molar-refractivity contribution is -0.119. The van der Waals surface area contributed by atoms with Crippen molar-refractivity contribution in [1.29, 1.82) is 0 Å². The quantitative estimate of drug-likeness (QED) is 0.338. The summed E-state index contributed by atoms with van der Waals surface area (Å²) in [5.74, 6) is -4.24. The van der Waals surface area contributed by atoms with E-state index in [1.54, 1.807) is 13.8 Å². The van der Waals surface area contributed by atoms with Gasteiger partial charge in [-0.05, 0) is 18.1 Å². The largest absolute Gasteiger partial charge is 0.409 e. The van der Waals surface area contributed by atoms with Gasteiger partial charge in [-0.15, -0.1) is 0 Å². The topological polar surface area (TPSA) is 87.7 Å². The van der Waals surface area contributed by atoms with Gasteiger partial charge >= 0.3 is 0 Å². The number of carbonyl (C=O) groups is 1. The summed E-state index contributed by atoms with van der Waals surface area (Å²) in [6.07, 6.45) is 0. The van der Waals surface area contributed by atoms with E-state index in [0.29, 0.717) is 0 Å². The van der Waals surface area contributed by atoms with E-state index in [1.165, 1.54) is 0 Å². The fraction of sp³-hybridized carbons (Fsp3) is 0.333. The van der Waals surface area contributed by atoms with Crippen LogP contribution in [0.15, 0.2) is 21.8 Å². The van der Waals surface area contributed by atoms with Crippen molar-refractivity contribution >= 4 is 33.4 Å². The second-order valence-corrected chi connectivity index (χ2v) is 5.40. The predicted octanol–water partition coefficient (Wildman–Crippen LogP) is 2.68. The van der Waals surface area contributed by atoms with E-state index < -0.39 is 29.1 Å². The number of nitrogens with two attached hydrogens (primary N) is 1. The monoisotopic (exact) mass is 349 g/mol. The van der Waals surface area contributed by atoms with Gasteiger partial charge in [0.05, 0.1) is 0 Å². The van der Waals surface area contributed by atoms with Crippen LogP contribution in [0.1, 0.15) is 13.8 Å². The van der Waals surface area contributed by atoms with Crippen LogP contribution in [-0.4, -0.2) is 17.0 Å². The third kappa shape index (κ3) is 3.66. The number of halogens is 3. The number of nitrogens with one attached hydrogen (secondary N) is 1. The highest BCUT2D eigenvalue weighted by molar-refractivity contribution is 9.10. The Labute approximate surface area is 123 Å². The van der Waals surface area contributed by atoms with Gasteiger partial charge in [0, 0.05) is 4.47 Å². The minimum atomic E-state index is -0.998. The highest BCUT2D eigenvalue weighted by atomic mass is 79.9. The van der Waals surface area contributed by atoms with E-state index in [1.807, 2.05) is 0 Å². The van der Waals surface area contributed by atoms with Crippen molar-refractivity contribution in [3.63, 3.8) is 0 Å². The molecule has 5 nitrogen and oxygen atoms in total. The fourth-order valence-electron chi connectivity index (χ4n) is 1.70. The van der Waals surface area contributed by atoms with Crippen molar-refractivity contribution < 1.29 is 18.8 Å². The van der Waals surface area contributed by atoms with E-state index in [2.05, 4.69) is 26.4 Å². The van der Waals surface area contributed by atoms with Gasteiger partial charge in [0.15, 0.2) is 17.5 Å². The molecule has 1 unspecified atom stereocenters. The Morgan fingerprint density at radius 3 is 2.30 bits per heavy atom. The van der Waals surface area contributed by atoms with Gasteiger partial charge in [0.1, 0.15) is 11.6 Å². The normalized spacial score (nSPS) is 13.4. The number of nitrogens with zero attached hydrogens (tertiary/aromatic N) is 1. The number of oxime groups is 1. The van der Waals surface area contributed by atoms with Crippen LogP contribution in [0.3, 0.4) is 0 Å². The number of hydrogen-bond donors (Lipinski definition) is 3. The molecule has 1 atom stereocenters. The van der Waals surface area contributed by atoms with Crippen molar-refractivity contribution in [2.45, 2.75) is 13.8 Å². The molecular formula is C12H14BrF2N3O2. The Bertz CT molecular complexity index is 526. The van der Waals surface area contributed by atoms with Crippen molar-refractivity contribution in [3.8, 4) is 0 Å². The average molecular weight is 350 g/mol. The zero-order chi connectivity index (χ0) is 15.4. The molecule has 20 heavy (non-hydrogen) atoms. The lowest BCUT2D eigenvalue weighted by Gasteiger charge is -2.19. The van der Waals surface area contributed by atoms with Gasteiger partial charge in [0.2, 0.25) is 5.91 Å². The summed E-state index contributed by atoms with van der Waals surface area (Å²) in [5.41, 5.74) is 4.84. The lowest BCUT2D eigenvalue weighted by Crippen LogP contribution is -2.38. The number of amidine groups is 1. The number of amides is 1. The third-order valence-electron chi connectivity index (χ3n) is 2.64. The van der Waals surface area contributed by atoms with Crippen LogP contribution in [-0.2, 0) is 4.79 Å². The summed E-state index contributed by atoms with van der Waals surface area (Å²) in [6, 6.07) is 2.04. The van der Waals surface area contributed by atoms with Gasteiger partial charge in [-0.1, -0.05) is 34.9 Å². The van der Waals surface area contributed by atoms with Crippen LogP contribution >= 0.6 is 15.9 Å². The zero-order valence-corrected chi connectivity index (χ0v) is 12.4. The molecule has 110 valence electrons. The molecule has 0 aliphatic rings. The van der Waals surface area contributed by atoms with Gasteiger partial charge in [-0.2, -0.15) is 0 Å². The molecule has 0 fully saturated rings. The summed E-state index contributed by atoms with van der Waals surface area (Å²) < 4.78 is 27.5. The molecule has 8 heteroatoms. The van der Waals surface area contributed by atoms with Crippen LogP contribution in [0, 0.1) is 23.5 Å². The molecule has 1 amide bonds. The first kappa shape index (κ1) is 16.4. The van der Waals surface area contributed by atoms with Gasteiger partial charge in [-0.3, -0.25) is 4.79 Å². The number of benzene rings is 1. The van der Waals surface area contributed by atoms with Crippen LogP contribution in [0.25, 0.3) is 0 Å². The SMILES string of the molecule is CC(C)C(C(=O)Nc1c(F)cc(Br)cc1F)C(N)=NO. The van der Waals surface area contributed by atoms with Crippen LogP contribution in [0.4, 0.5) is 14.5 Å². The molecule has 0 aliphatic carbocycles. The maximum Gasteiger partial charge on any atom is 0.235 e. The Kier molecular flexibility index (Phi) is 5.43. The number of rotatable bonds is 4. The Morgan fingerprint density at radius 2 is 1.90 bits per heavy atom. The molecule has 0 spiro atoms. The number of anilines is 1. The molecule has 1 aromatic rings. The summed E-state index contributed by atoms with van der Waals surface area (Å²) in [5, 5.41) is 13.5. The highest BCUT2D eigenvalue weighted by Crippen LogP contribution is 2.25. The summed E-state index contributed by atoms with van der Waals surface area (Å²) in [4.78, 5) is 12.0. The third-order valence-corrected chi connectivity index (χ3v) is 3.10. The minimum Gasteiger partial charge on any atom is -0.409 e. The van der Waals surface area contributed by atoms with E-state index in [4.69, 9.17) is 10.9 Å². The summed E-state index contributed by atoms with van der Waals surface area (Å²) in [7, 11) is 0. The first-order valence-corrected chi connectivity index (χ1v) is 6.50. The van der Waals surface area contributed by atoms with Gasteiger partial charge < -0.3 is 16.3 Å². The molecule has 0 saturated carbocycles. The lowest BCUT2D eigenvalue weighted by atomic mass is 9.93. The molecule has 0 heterocycles. The zero-order valence-electron chi connectivity index (χ0n) is 10.8. The standard InChI is InChI=1S/C12H14BrF2N3O2/c1-5(2)9(11(16)18-20)12(19)17-10-7(14)3-6(13)4-8(10)15/h3-5,9,20H,1-2H3,(H2,16,18)(H,17,19). The second kappa shape index (κ2) is 6.65. The van der Waals surface area contributed by atoms with Crippen LogP contribution < -0.4 is 11.1 Å². The fourth-order valence-corrected chi connectivity index (χ4v) is 2.11. The van der Waals surface area contributed by atoms with E-state index in [9.17, 15) is 13.6 Å². The van der Waals surface area contributed by atoms with Crippen molar-refractivity contribution in [2.75, 3.05) is 5.32 Å². The summed E-state index contributed by atoms with van der Waals surface area (Å²) in [6.45, 7) is 3.33. The van der Waals surface area contributed by atoms with Crippen molar-refractivity contribution in [2.24, 2.45) is 22.7 Å². The Balaban J connectivity index is 3.06. The van der Waals surface area contributed by atoms with E-state index >= 15 is 0 Å². The number of hydrogen-bond acceptors (Lipinski definition) is 3. The first-order valence-electron chi connectivity index (χ1n) is 5.70. The van der Waals surface area contributed by atoms with Gasteiger partial charge in [0.25, 0.3) is 0 Å². The average Bonchev–Trinajstić information content (AvgIpc) is 2.33. The maximum atomic E-state index is 13.6. The predicted molar refractivity (Wildman–Crippen MR) is 74.4 cm³/mol. The molecule has 0 radical (unpaired) electrons. The Hall–Kier alpha value is -1.70. The molecule has 0 aliphatic heterocycles. The highest BCUT2D eigenvalue weighted by Gasteiger charge is 2.28. The maximum absolute atomic E-state index is 13.6. The smallest absolute Gasteiger partial charge is 0.235 e. The van der Waals surface area contributed by atoms with Crippen molar-refractivity contribution in [3.05, 3.63) is 28.2 Å². The number of carbonyl (C=O) groups excluding carboxylic acids is 1.